The zero-order valence-corrected chi connectivity index (χ0v) is 20.5. The van der Waals surface area contributed by atoms with Gasteiger partial charge in [-0.2, -0.15) is 0 Å². The summed E-state index contributed by atoms with van der Waals surface area (Å²) in [5.74, 6) is 2.43. The second-order valence-electron chi connectivity index (χ2n) is 9.60. The zero-order chi connectivity index (χ0) is 23.8. The summed E-state index contributed by atoms with van der Waals surface area (Å²) in [6.45, 7) is 2.02. The lowest BCUT2D eigenvalue weighted by molar-refractivity contribution is -0.205. The van der Waals surface area contributed by atoms with Gasteiger partial charge in [-0.05, 0) is 56.3 Å². The number of nitrogens with zero attached hydrogens (tertiary/aromatic N) is 1. The van der Waals surface area contributed by atoms with Crippen molar-refractivity contribution in [1.82, 2.24) is 4.90 Å². The number of methoxy groups -OCH3 is 3. The van der Waals surface area contributed by atoms with Crippen LogP contribution in [0.5, 0.6) is 23.0 Å². The van der Waals surface area contributed by atoms with Gasteiger partial charge in [-0.1, -0.05) is 18.2 Å². The Morgan fingerprint density at radius 1 is 0.912 bits per heavy atom. The summed E-state index contributed by atoms with van der Waals surface area (Å²) in [5.41, 5.74) is 1.36. The van der Waals surface area contributed by atoms with E-state index in [1.165, 1.54) is 5.56 Å². The Balaban J connectivity index is 1.30. The Labute approximate surface area is 201 Å². The largest absolute Gasteiger partial charge is 0.493 e. The highest BCUT2D eigenvalue weighted by molar-refractivity contribution is 5.46. The van der Waals surface area contributed by atoms with Gasteiger partial charge in [0, 0.05) is 24.3 Å². The van der Waals surface area contributed by atoms with Crippen molar-refractivity contribution in [3.05, 3.63) is 48.0 Å². The molecule has 0 amide bonds. The van der Waals surface area contributed by atoms with Crippen molar-refractivity contribution >= 4 is 0 Å². The smallest absolute Gasteiger partial charge is 0.170 e. The first-order valence-corrected chi connectivity index (χ1v) is 12.0. The third kappa shape index (κ3) is 4.00. The van der Waals surface area contributed by atoms with Gasteiger partial charge in [0.05, 0.1) is 27.9 Å². The Morgan fingerprint density at radius 2 is 1.65 bits per heavy atom. The number of likely N-dealkylation sites (tertiary alicyclic amines) is 1. The molecule has 34 heavy (non-hydrogen) atoms. The number of likely N-dealkylation sites (N-methyl/N-ethyl adjacent to an activating group) is 1. The summed E-state index contributed by atoms with van der Waals surface area (Å²) in [7, 11) is 7.23. The molecule has 0 aromatic heterocycles. The first-order valence-electron chi connectivity index (χ1n) is 12.0. The van der Waals surface area contributed by atoms with Crippen molar-refractivity contribution in [2.75, 3.05) is 48.1 Å². The van der Waals surface area contributed by atoms with Crippen LogP contribution in [0.4, 0.5) is 0 Å². The summed E-state index contributed by atoms with van der Waals surface area (Å²) in [5, 5.41) is 0. The molecule has 7 nitrogen and oxygen atoms in total. The molecule has 5 rings (SSSR count). The molecule has 3 fully saturated rings. The Morgan fingerprint density at radius 3 is 2.41 bits per heavy atom. The first-order chi connectivity index (χ1) is 16.5. The molecule has 0 bridgehead atoms. The number of fused-ring (bicyclic) bond motifs is 1. The lowest BCUT2D eigenvalue weighted by Crippen LogP contribution is -2.53. The Kier molecular flexibility index (Phi) is 6.35. The first kappa shape index (κ1) is 23.3. The monoisotopic (exact) mass is 469 g/mol. The van der Waals surface area contributed by atoms with E-state index in [1.54, 1.807) is 21.3 Å². The fourth-order valence-corrected chi connectivity index (χ4v) is 6.06. The minimum atomic E-state index is -0.557. The van der Waals surface area contributed by atoms with Gasteiger partial charge in [-0.15, -0.1) is 0 Å². The van der Waals surface area contributed by atoms with Gasteiger partial charge in [0.15, 0.2) is 28.8 Å². The molecule has 2 unspecified atom stereocenters. The normalized spacial score (nSPS) is 30.8. The van der Waals surface area contributed by atoms with Crippen molar-refractivity contribution in [2.24, 2.45) is 0 Å². The Bertz CT molecular complexity index is 1010. The number of rotatable bonds is 7. The van der Waals surface area contributed by atoms with Crippen LogP contribution >= 0.6 is 0 Å². The predicted molar refractivity (Wildman–Crippen MR) is 128 cm³/mol. The molecular formula is C27H35NO6. The molecule has 2 aromatic carbocycles. The van der Waals surface area contributed by atoms with Crippen molar-refractivity contribution in [1.29, 1.82) is 0 Å². The number of hydrogen-bond donors (Lipinski definition) is 0. The van der Waals surface area contributed by atoms with Gasteiger partial charge in [0.1, 0.15) is 12.7 Å². The van der Waals surface area contributed by atoms with Gasteiger partial charge in [-0.3, -0.25) is 0 Å². The van der Waals surface area contributed by atoms with Crippen molar-refractivity contribution in [3.63, 3.8) is 0 Å². The van der Waals surface area contributed by atoms with Crippen LogP contribution in [0.2, 0.25) is 0 Å². The fourth-order valence-electron chi connectivity index (χ4n) is 6.06. The van der Waals surface area contributed by atoms with E-state index in [2.05, 4.69) is 24.1 Å². The van der Waals surface area contributed by atoms with Crippen molar-refractivity contribution in [3.8, 4) is 23.0 Å². The highest BCUT2D eigenvalue weighted by Gasteiger charge is 2.57. The summed E-state index contributed by atoms with van der Waals surface area (Å²) < 4.78 is 35.4. The van der Waals surface area contributed by atoms with Gasteiger partial charge < -0.3 is 33.3 Å². The highest BCUT2D eigenvalue weighted by Crippen LogP contribution is 2.54. The molecule has 1 aliphatic carbocycles. The molecule has 0 N–H and O–H groups in total. The molecule has 2 saturated heterocycles. The van der Waals surface area contributed by atoms with E-state index in [4.69, 9.17) is 28.4 Å². The Hall–Kier alpha value is -2.48. The number of benzene rings is 2. The van der Waals surface area contributed by atoms with Gasteiger partial charge in [-0.25, -0.2) is 0 Å². The fraction of sp³-hybridized carbons (Fsp3) is 0.556. The SMILES string of the molecule is COc1ccc([C@]23CCN(C)[C@H]2CC2(CC3)OCC(COc3ccccc3OC)O2)cc1OC. The molecule has 2 aliphatic heterocycles. The third-order valence-corrected chi connectivity index (χ3v) is 7.90. The lowest BCUT2D eigenvalue weighted by atomic mass is 9.64. The number of ether oxygens (including phenoxy) is 6. The minimum Gasteiger partial charge on any atom is -0.493 e. The van der Waals surface area contributed by atoms with Gasteiger partial charge >= 0.3 is 0 Å². The van der Waals surface area contributed by atoms with Crippen LogP contribution in [-0.4, -0.2) is 71.0 Å². The quantitative estimate of drug-likeness (QED) is 0.607. The maximum Gasteiger partial charge on any atom is 0.170 e. The van der Waals surface area contributed by atoms with E-state index in [0.717, 1.165) is 55.2 Å². The van der Waals surface area contributed by atoms with Crippen molar-refractivity contribution < 1.29 is 28.4 Å². The molecule has 4 atom stereocenters. The molecule has 0 radical (unpaired) electrons. The molecule has 3 aliphatic rings. The summed E-state index contributed by atoms with van der Waals surface area (Å²) >= 11 is 0. The van der Waals surface area contributed by atoms with Gasteiger partial charge in [0.2, 0.25) is 0 Å². The molecule has 2 aromatic rings. The standard InChI is InChI=1S/C27H35NO6/c1-28-14-13-26(19-9-10-22(30-3)24(15-19)31-4)11-12-27(16-25(26)28)33-18-20(34-27)17-32-23-8-6-5-7-21(23)29-2/h5-10,15,20,25H,11-14,16-18H2,1-4H3/t20?,25-,26-,27?/m0/s1. The third-order valence-electron chi connectivity index (χ3n) is 7.90. The van der Waals surface area contributed by atoms with Crippen LogP contribution in [0.3, 0.4) is 0 Å². The summed E-state index contributed by atoms with van der Waals surface area (Å²) in [6, 6.07) is 14.4. The van der Waals surface area contributed by atoms with E-state index in [0.29, 0.717) is 19.3 Å². The van der Waals surface area contributed by atoms with E-state index >= 15 is 0 Å². The molecule has 1 saturated carbocycles. The second kappa shape index (κ2) is 9.29. The topological polar surface area (TPSA) is 58.6 Å². The molecule has 2 heterocycles. The maximum absolute atomic E-state index is 6.54. The zero-order valence-electron chi connectivity index (χ0n) is 20.5. The molecule has 1 spiro atoms. The van der Waals surface area contributed by atoms with Crippen LogP contribution in [0.1, 0.15) is 31.2 Å². The van der Waals surface area contributed by atoms with E-state index < -0.39 is 5.79 Å². The van der Waals surface area contributed by atoms with Crippen LogP contribution in [0.25, 0.3) is 0 Å². The van der Waals surface area contributed by atoms with Crippen LogP contribution in [-0.2, 0) is 14.9 Å². The van der Waals surface area contributed by atoms with E-state index in [-0.39, 0.29) is 11.5 Å². The predicted octanol–water partition coefficient (Wildman–Crippen LogP) is 4.03. The second-order valence-corrected chi connectivity index (χ2v) is 9.60. The minimum absolute atomic E-state index is 0.0538. The van der Waals surface area contributed by atoms with Crippen LogP contribution < -0.4 is 18.9 Å². The molecular weight excluding hydrogens is 434 g/mol. The van der Waals surface area contributed by atoms with Gasteiger partial charge in [0.25, 0.3) is 0 Å². The van der Waals surface area contributed by atoms with E-state index in [1.807, 2.05) is 30.3 Å². The number of hydrogen-bond acceptors (Lipinski definition) is 7. The van der Waals surface area contributed by atoms with Crippen molar-refractivity contribution in [2.45, 2.75) is 49.0 Å². The highest BCUT2D eigenvalue weighted by atomic mass is 16.8. The molecule has 7 heteroatoms. The average Bonchev–Trinajstić information content (AvgIpc) is 3.44. The lowest BCUT2D eigenvalue weighted by Gasteiger charge is -2.48. The molecule has 184 valence electrons. The van der Waals surface area contributed by atoms with Crippen LogP contribution in [0.15, 0.2) is 42.5 Å². The van der Waals surface area contributed by atoms with Crippen LogP contribution in [0, 0.1) is 0 Å². The maximum atomic E-state index is 6.54. The summed E-state index contributed by atoms with van der Waals surface area (Å²) in [4.78, 5) is 2.46. The summed E-state index contributed by atoms with van der Waals surface area (Å²) in [6.07, 6.45) is 3.70. The number of para-hydroxylation sites is 2. The average molecular weight is 470 g/mol. The van der Waals surface area contributed by atoms with E-state index in [9.17, 15) is 0 Å².